The lowest BCUT2D eigenvalue weighted by Crippen LogP contribution is -2.34. The van der Waals surface area contributed by atoms with Crippen LogP contribution < -0.4 is 10.6 Å². The van der Waals surface area contributed by atoms with Gasteiger partial charge in [-0.05, 0) is 42.8 Å². The first kappa shape index (κ1) is 25.4. The van der Waals surface area contributed by atoms with Gasteiger partial charge in [0, 0.05) is 18.7 Å². The number of nitrogens with one attached hydrogen (secondary N) is 2. The zero-order valence-electron chi connectivity index (χ0n) is 19.6. The van der Waals surface area contributed by atoms with E-state index in [0.717, 1.165) is 10.3 Å². The highest BCUT2D eigenvalue weighted by Crippen LogP contribution is 2.34. The van der Waals surface area contributed by atoms with Crippen molar-refractivity contribution in [3.05, 3.63) is 90.0 Å². The average Bonchev–Trinajstić information content (AvgIpc) is 3.30. The van der Waals surface area contributed by atoms with E-state index in [4.69, 9.17) is 4.74 Å². The van der Waals surface area contributed by atoms with Crippen molar-refractivity contribution in [1.82, 2.24) is 10.3 Å². The Balaban J connectivity index is 1.50. The lowest BCUT2D eigenvalue weighted by Gasteiger charge is -2.15. The number of hydrogen-bond donors (Lipinski definition) is 2. The van der Waals surface area contributed by atoms with Crippen LogP contribution in [-0.4, -0.2) is 34.6 Å². The molecule has 1 unspecified atom stereocenters. The molecular formula is C27H25N3O4S2. The number of thioether (sulfide) groups is 1. The van der Waals surface area contributed by atoms with Gasteiger partial charge in [0.25, 0.3) is 0 Å². The van der Waals surface area contributed by atoms with E-state index in [9.17, 15) is 14.4 Å². The number of para-hydroxylation sites is 1. The standard InChI is InChI=1S/C27H25N3O4S2/c1-2-34-26(33)19-13-14-22-21(15-19)30-27(35-22)36-23(16-24(31)29-20-11-7-4-8-12-20)25(32)28-17-18-9-5-3-6-10-18/h3-15,23H,2,16-17H2,1H3,(H,28,32)(H,29,31). The number of carbonyl (C=O) groups excluding carboxylic acids is 3. The van der Waals surface area contributed by atoms with Crippen molar-refractivity contribution < 1.29 is 19.1 Å². The van der Waals surface area contributed by atoms with E-state index in [1.54, 1.807) is 31.2 Å². The van der Waals surface area contributed by atoms with E-state index < -0.39 is 11.2 Å². The lowest BCUT2D eigenvalue weighted by atomic mass is 10.2. The third-order valence-electron chi connectivity index (χ3n) is 5.15. The molecule has 3 aromatic carbocycles. The van der Waals surface area contributed by atoms with Gasteiger partial charge < -0.3 is 15.4 Å². The summed E-state index contributed by atoms with van der Waals surface area (Å²) in [6.07, 6.45) is -0.0236. The van der Waals surface area contributed by atoms with Crippen molar-refractivity contribution in [2.45, 2.75) is 29.5 Å². The van der Waals surface area contributed by atoms with Gasteiger partial charge in [-0.1, -0.05) is 60.3 Å². The molecular weight excluding hydrogens is 494 g/mol. The second-order valence-electron chi connectivity index (χ2n) is 7.81. The molecule has 2 N–H and O–H groups in total. The van der Waals surface area contributed by atoms with Crippen LogP contribution in [0.3, 0.4) is 0 Å². The van der Waals surface area contributed by atoms with E-state index in [1.165, 1.54) is 23.1 Å². The molecule has 7 nitrogen and oxygen atoms in total. The van der Waals surface area contributed by atoms with Crippen molar-refractivity contribution in [1.29, 1.82) is 0 Å². The summed E-state index contributed by atoms with van der Waals surface area (Å²) in [5.41, 5.74) is 2.70. The zero-order valence-corrected chi connectivity index (χ0v) is 21.2. The Morgan fingerprint density at radius 2 is 1.72 bits per heavy atom. The van der Waals surface area contributed by atoms with Crippen molar-refractivity contribution >= 4 is 56.8 Å². The van der Waals surface area contributed by atoms with Gasteiger partial charge >= 0.3 is 5.97 Å². The van der Waals surface area contributed by atoms with E-state index in [2.05, 4.69) is 15.6 Å². The van der Waals surface area contributed by atoms with Gasteiger partial charge in [0.2, 0.25) is 11.8 Å². The topological polar surface area (TPSA) is 97.4 Å². The maximum atomic E-state index is 13.1. The van der Waals surface area contributed by atoms with Crippen molar-refractivity contribution in [3.63, 3.8) is 0 Å². The van der Waals surface area contributed by atoms with E-state index >= 15 is 0 Å². The summed E-state index contributed by atoms with van der Waals surface area (Å²) in [6, 6.07) is 23.9. The number of nitrogens with zero attached hydrogens (tertiary/aromatic N) is 1. The Kier molecular flexibility index (Phi) is 8.70. The summed E-state index contributed by atoms with van der Waals surface area (Å²) in [6.45, 7) is 2.41. The number of aromatic nitrogens is 1. The second-order valence-corrected chi connectivity index (χ2v) is 10.3. The first-order chi connectivity index (χ1) is 17.5. The Morgan fingerprint density at radius 1 is 1.00 bits per heavy atom. The van der Waals surface area contributed by atoms with E-state index in [-0.39, 0.29) is 18.2 Å². The molecule has 0 aliphatic heterocycles. The molecule has 0 fully saturated rings. The third kappa shape index (κ3) is 6.93. The molecule has 2 amide bonds. The number of ether oxygens (including phenoxy) is 1. The summed E-state index contributed by atoms with van der Waals surface area (Å²) >= 11 is 2.65. The van der Waals surface area contributed by atoms with Gasteiger partial charge in [-0.15, -0.1) is 11.3 Å². The normalized spacial score (nSPS) is 11.6. The number of fused-ring (bicyclic) bond motifs is 1. The Morgan fingerprint density at radius 3 is 2.44 bits per heavy atom. The number of amides is 2. The SMILES string of the molecule is CCOC(=O)c1ccc2sc(SC(CC(=O)Nc3ccccc3)C(=O)NCc3ccccc3)nc2c1. The Hall–Kier alpha value is -3.69. The van der Waals surface area contributed by atoms with Gasteiger partial charge in [-0.25, -0.2) is 9.78 Å². The summed E-state index contributed by atoms with van der Waals surface area (Å²) in [5.74, 6) is -0.921. The van der Waals surface area contributed by atoms with E-state index in [0.29, 0.717) is 34.3 Å². The molecule has 36 heavy (non-hydrogen) atoms. The molecule has 0 aliphatic carbocycles. The molecule has 1 heterocycles. The fourth-order valence-electron chi connectivity index (χ4n) is 3.41. The summed E-state index contributed by atoms with van der Waals surface area (Å²) < 4.78 is 6.58. The molecule has 9 heteroatoms. The number of anilines is 1. The smallest absolute Gasteiger partial charge is 0.338 e. The molecule has 4 aromatic rings. The van der Waals surface area contributed by atoms with Crippen LogP contribution in [0.25, 0.3) is 10.2 Å². The Labute approximate surface area is 217 Å². The average molecular weight is 520 g/mol. The van der Waals surface area contributed by atoms with Crippen molar-refractivity contribution in [2.75, 3.05) is 11.9 Å². The van der Waals surface area contributed by atoms with Crippen LogP contribution in [0.2, 0.25) is 0 Å². The van der Waals surface area contributed by atoms with Gasteiger partial charge in [0.15, 0.2) is 4.34 Å². The first-order valence-corrected chi connectivity index (χ1v) is 13.1. The van der Waals surface area contributed by atoms with Crippen LogP contribution in [0.5, 0.6) is 0 Å². The zero-order chi connectivity index (χ0) is 25.3. The molecule has 0 radical (unpaired) electrons. The predicted molar refractivity (Wildman–Crippen MR) is 143 cm³/mol. The number of carbonyl (C=O) groups is 3. The molecule has 0 bridgehead atoms. The molecule has 4 rings (SSSR count). The minimum Gasteiger partial charge on any atom is -0.462 e. The van der Waals surface area contributed by atoms with Crippen molar-refractivity contribution in [3.8, 4) is 0 Å². The minimum atomic E-state index is -0.692. The number of thiazole rings is 1. The van der Waals surface area contributed by atoms with Crippen molar-refractivity contribution in [2.24, 2.45) is 0 Å². The van der Waals surface area contributed by atoms with Gasteiger partial charge in [-0.2, -0.15) is 0 Å². The molecule has 0 aliphatic rings. The number of esters is 1. The highest BCUT2D eigenvalue weighted by atomic mass is 32.2. The van der Waals surface area contributed by atoms with Gasteiger partial charge in [0.1, 0.15) is 0 Å². The monoisotopic (exact) mass is 519 g/mol. The van der Waals surface area contributed by atoms with Crippen LogP contribution >= 0.6 is 23.1 Å². The molecule has 1 aromatic heterocycles. The maximum absolute atomic E-state index is 13.1. The van der Waals surface area contributed by atoms with E-state index in [1.807, 2.05) is 54.6 Å². The van der Waals surface area contributed by atoms with Crippen LogP contribution in [0.4, 0.5) is 5.69 Å². The van der Waals surface area contributed by atoms with Gasteiger partial charge in [0.05, 0.1) is 27.6 Å². The molecule has 0 saturated carbocycles. The summed E-state index contributed by atoms with van der Waals surface area (Å²) in [4.78, 5) is 42.6. The molecule has 184 valence electrons. The highest BCUT2D eigenvalue weighted by Gasteiger charge is 2.25. The molecule has 0 spiro atoms. The van der Waals surface area contributed by atoms with Crippen LogP contribution in [0.1, 0.15) is 29.3 Å². The van der Waals surface area contributed by atoms with Crippen LogP contribution in [0, 0.1) is 0 Å². The molecule has 0 saturated heterocycles. The van der Waals surface area contributed by atoms with Crippen LogP contribution in [0.15, 0.2) is 83.2 Å². The fourth-order valence-corrected chi connectivity index (χ4v) is 5.72. The molecule has 1 atom stereocenters. The summed E-state index contributed by atoms with van der Waals surface area (Å²) in [7, 11) is 0. The largest absolute Gasteiger partial charge is 0.462 e. The predicted octanol–water partition coefficient (Wildman–Crippen LogP) is 5.28. The quantitative estimate of drug-likeness (QED) is 0.219. The second kappa shape index (κ2) is 12.3. The third-order valence-corrected chi connectivity index (χ3v) is 7.48. The fraction of sp³-hybridized carbons (Fsp3) is 0.185. The number of benzene rings is 3. The van der Waals surface area contributed by atoms with Crippen LogP contribution in [-0.2, 0) is 20.9 Å². The first-order valence-electron chi connectivity index (χ1n) is 11.4. The highest BCUT2D eigenvalue weighted by molar-refractivity contribution is 8.02. The van der Waals surface area contributed by atoms with Gasteiger partial charge in [-0.3, -0.25) is 9.59 Å². The summed E-state index contributed by atoms with van der Waals surface area (Å²) in [5, 5.41) is 5.09. The number of hydrogen-bond acceptors (Lipinski definition) is 7. The minimum absolute atomic E-state index is 0.0236. The lowest BCUT2D eigenvalue weighted by molar-refractivity contribution is -0.123. The Bertz CT molecular complexity index is 1340. The number of rotatable bonds is 10. The maximum Gasteiger partial charge on any atom is 0.338 e.